The minimum Gasteiger partial charge on any atom is -0.285 e. The number of nitrogens with zero attached hydrogens (tertiary/aromatic N) is 3. The van der Waals surface area contributed by atoms with Gasteiger partial charge in [-0.15, -0.1) is 0 Å². The molecular weight excluding hydrogens is 583 g/mol. The third-order valence-corrected chi connectivity index (χ3v) is 8.92. The van der Waals surface area contributed by atoms with E-state index in [2.05, 4.69) is 174 Å². The van der Waals surface area contributed by atoms with Gasteiger partial charge in [-0.05, 0) is 89.2 Å². The topological polar surface area (TPSA) is 22.2 Å². The summed E-state index contributed by atoms with van der Waals surface area (Å²) in [6, 6.07) is 35.5. The average Bonchev–Trinajstić information content (AvgIpc) is 3.43. The standard InChI is InChI=1S/C45H57N3/c1-32(2)27-38-21-15-22-39(28-33(3)4)43(38)47-25-26-48(44-40(29-34(5)6)23-16-24-41(44)30-35(7)8)45(47)46-42(37-19-13-10-14-20-37)31-36-17-11-9-12-18-36/h9-26,32-35,42H,27-31H2,1-8H3/t42-/m0/s1. The van der Waals surface area contributed by atoms with E-state index >= 15 is 0 Å². The van der Waals surface area contributed by atoms with Gasteiger partial charge in [0.2, 0.25) is 5.62 Å². The molecular formula is C45H57N3. The van der Waals surface area contributed by atoms with E-state index in [1.165, 1.54) is 44.8 Å². The van der Waals surface area contributed by atoms with Crippen molar-refractivity contribution >= 4 is 0 Å². The number of aromatic nitrogens is 2. The molecule has 1 atom stereocenters. The number of hydrogen-bond donors (Lipinski definition) is 0. The van der Waals surface area contributed by atoms with E-state index in [1.54, 1.807) is 0 Å². The van der Waals surface area contributed by atoms with Crippen molar-refractivity contribution in [2.75, 3.05) is 0 Å². The molecule has 4 aromatic carbocycles. The SMILES string of the molecule is CC(C)Cc1cccc(CC(C)C)c1-n1ccn(-c2c(CC(C)C)cccc2CC(C)C)c1=N[C@@H](Cc1ccccc1)c1ccccc1. The van der Waals surface area contributed by atoms with Crippen molar-refractivity contribution in [1.82, 2.24) is 9.13 Å². The number of imidazole rings is 1. The summed E-state index contributed by atoms with van der Waals surface area (Å²) in [5, 5.41) is 0. The van der Waals surface area contributed by atoms with Gasteiger partial charge in [-0.2, -0.15) is 0 Å². The Bertz CT molecular complexity index is 1660. The van der Waals surface area contributed by atoms with E-state index in [0.717, 1.165) is 37.7 Å². The Morgan fingerprint density at radius 2 is 0.812 bits per heavy atom. The number of rotatable bonds is 14. The highest BCUT2D eigenvalue weighted by molar-refractivity contribution is 5.52. The summed E-state index contributed by atoms with van der Waals surface area (Å²) in [6.45, 7) is 18.6. The van der Waals surface area contributed by atoms with Crippen LogP contribution in [0.15, 0.2) is 114 Å². The van der Waals surface area contributed by atoms with E-state index in [1.807, 2.05) is 0 Å². The van der Waals surface area contributed by atoms with Gasteiger partial charge < -0.3 is 0 Å². The van der Waals surface area contributed by atoms with Crippen LogP contribution in [0.25, 0.3) is 11.4 Å². The van der Waals surface area contributed by atoms with Crippen LogP contribution in [0.1, 0.15) is 94.8 Å². The van der Waals surface area contributed by atoms with E-state index in [9.17, 15) is 0 Å². The van der Waals surface area contributed by atoms with Crippen molar-refractivity contribution in [1.29, 1.82) is 0 Å². The van der Waals surface area contributed by atoms with Gasteiger partial charge in [-0.3, -0.25) is 9.13 Å². The Kier molecular flexibility index (Phi) is 12.0. The molecule has 0 saturated heterocycles. The summed E-state index contributed by atoms with van der Waals surface area (Å²) in [6.07, 6.45) is 9.49. The molecule has 0 bridgehead atoms. The molecule has 48 heavy (non-hydrogen) atoms. The van der Waals surface area contributed by atoms with Gasteiger partial charge in [0, 0.05) is 12.4 Å². The summed E-state index contributed by atoms with van der Waals surface area (Å²) in [5.41, 5.74) is 11.7. The van der Waals surface area contributed by atoms with E-state index in [-0.39, 0.29) is 6.04 Å². The highest BCUT2D eigenvalue weighted by Crippen LogP contribution is 2.29. The van der Waals surface area contributed by atoms with Crippen molar-refractivity contribution in [3.63, 3.8) is 0 Å². The quantitative estimate of drug-likeness (QED) is 0.115. The Hall–Kier alpha value is -4.11. The van der Waals surface area contributed by atoms with Crippen molar-refractivity contribution in [2.45, 2.75) is 93.5 Å². The molecule has 0 aliphatic rings. The molecule has 0 amide bonds. The zero-order valence-corrected chi connectivity index (χ0v) is 30.7. The summed E-state index contributed by atoms with van der Waals surface area (Å²) < 4.78 is 4.86. The lowest BCUT2D eigenvalue weighted by Gasteiger charge is -2.22. The van der Waals surface area contributed by atoms with Crippen molar-refractivity contribution < 1.29 is 0 Å². The minimum absolute atomic E-state index is 0.0508. The van der Waals surface area contributed by atoms with Crippen molar-refractivity contribution in [3.05, 3.63) is 148 Å². The summed E-state index contributed by atoms with van der Waals surface area (Å²) >= 11 is 0. The summed E-state index contributed by atoms with van der Waals surface area (Å²) in [4.78, 5) is 5.84. The van der Waals surface area contributed by atoms with Crippen molar-refractivity contribution in [3.8, 4) is 11.4 Å². The van der Waals surface area contributed by atoms with Crippen LogP contribution in [0.2, 0.25) is 0 Å². The first-order chi connectivity index (χ1) is 23.1. The largest absolute Gasteiger partial charge is 0.285 e. The maximum absolute atomic E-state index is 5.84. The molecule has 0 aliphatic heterocycles. The van der Waals surface area contributed by atoms with Gasteiger partial charge in [0.1, 0.15) is 0 Å². The van der Waals surface area contributed by atoms with Crippen LogP contribution < -0.4 is 5.62 Å². The number of benzene rings is 4. The molecule has 0 N–H and O–H groups in total. The molecule has 5 rings (SSSR count). The lowest BCUT2D eigenvalue weighted by molar-refractivity contribution is 0.617. The molecule has 1 heterocycles. The number of para-hydroxylation sites is 2. The van der Waals surface area contributed by atoms with Crippen LogP contribution in [0.4, 0.5) is 0 Å². The maximum Gasteiger partial charge on any atom is 0.214 e. The van der Waals surface area contributed by atoms with Crippen LogP contribution in [0.3, 0.4) is 0 Å². The number of hydrogen-bond acceptors (Lipinski definition) is 1. The predicted octanol–water partition coefficient (Wildman–Crippen LogP) is 10.9. The van der Waals surface area contributed by atoms with Crippen molar-refractivity contribution in [2.24, 2.45) is 28.7 Å². The Labute approximate surface area is 290 Å². The third-order valence-electron chi connectivity index (χ3n) is 8.92. The molecule has 252 valence electrons. The van der Waals surface area contributed by atoms with Crippen LogP contribution >= 0.6 is 0 Å². The molecule has 3 heteroatoms. The molecule has 0 fully saturated rings. The normalized spacial score (nSPS) is 12.4. The fourth-order valence-electron chi connectivity index (χ4n) is 7.07. The lowest BCUT2D eigenvalue weighted by Crippen LogP contribution is -2.28. The second-order valence-corrected chi connectivity index (χ2v) is 15.3. The maximum atomic E-state index is 5.84. The second kappa shape index (κ2) is 16.3. The Morgan fingerprint density at radius 3 is 1.19 bits per heavy atom. The fourth-order valence-corrected chi connectivity index (χ4v) is 7.07. The predicted molar refractivity (Wildman–Crippen MR) is 204 cm³/mol. The van der Waals surface area contributed by atoms with E-state index in [0.29, 0.717) is 23.7 Å². The molecule has 1 aromatic heterocycles. The van der Waals surface area contributed by atoms with Gasteiger partial charge in [0.15, 0.2) is 0 Å². The highest BCUT2D eigenvalue weighted by atomic mass is 15.2. The first kappa shape index (κ1) is 35.2. The Balaban J connectivity index is 1.88. The van der Waals surface area contributed by atoms with Gasteiger partial charge in [-0.25, -0.2) is 4.99 Å². The molecule has 0 radical (unpaired) electrons. The van der Waals surface area contributed by atoms with E-state index < -0.39 is 0 Å². The first-order valence-corrected chi connectivity index (χ1v) is 18.3. The fraction of sp³-hybridized carbons (Fsp3) is 0.400. The third kappa shape index (κ3) is 8.86. The molecule has 0 saturated carbocycles. The lowest BCUT2D eigenvalue weighted by atomic mass is 9.94. The molecule has 0 unspecified atom stereocenters. The Morgan fingerprint density at radius 1 is 0.438 bits per heavy atom. The van der Waals surface area contributed by atoms with E-state index in [4.69, 9.17) is 4.99 Å². The zero-order valence-electron chi connectivity index (χ0n) is 30.7. The van der Waals surface area contributed by atoms with Crippen LogP contribution in [0, 0.1) is 23.7 Å². The van der Waals surface area contributed by atoms with Gasteiger partial charge in [-0.1, -0.05) is 152 Å². The van der Waals surface area contributed by atoms with Crippen LogP contribution in [0.5, 0.6) is 0 Å². The van der Waals surface area contributed by atoms with Crippen LogP contribution in [-0.4, -0.2) is 9.13 Å². The van der Waals surface area contributed by atoms with Gasteiger partial charge in [0.05, 0.1) is 17.4 Å². The van der Waals surface area contributed by atoms with Crippen LogP contribution in [-0.2, 0) is 32.1 Å². The zero-order chi connectivity index (χ0) is 34.2. The molecule has 0 spiro atoms. The van der Waals surface area contributed by atoms with Gasteiger partial charge in [0.25, 0.3) is 0 Å². The average molecular weight is 640 g/mol. The summed E-state index contributed by atoms with van der Waals surface area (Å²) in [5.74, 6) is 2.17. The smallest absolute Gasteiger partial charge is 0.214 e. The molecule has 3 nitrogen and oxygen atoms in total. The van der Waals surface area contributed by atoms with Gasteiger partial charge >= 0.3 is 0 Å². The first-order valence-electron chi connectivity index (χ1n) is 18.3. The second-order valence-electron chi connectivity index (χ2n) is 15.3. The highest BCUT2D eigenvalue weighted by Gasteiger charge is 2.21. The molecule has 0 aliphatic carbocycles. The molecule has 5 aromatic rings. The summed E-state index contributed by atoms with van der Waals surface area (Å²) in [7, 11) is 0. The monoisotopic (exact) mass is 639 g/mol. The minimum atomic E-state index is -0.0508.